The fourth-order valence-electron chi connectivity index (χ4n) is 14.4. The lowest BCUT2D eigenvalue weighted by atomic mass is 9.33. The number of hydrogen-bond acceptors (Lipinski definition) is 17. The van der Waals surface area contributed by atoms with E-state index in [4.69, 9.17) is 28.4 Å². The summed E-state index contributed by atoms with van der Waals surface area (Å²) in [6.07, 6.45) is -14.8. The summed E-state index contributed by atoms with van der Waals surface area (Å²) in [5, 5.41) is 107. The number of carboxylic acid groups (broad SMARTS) is 1. The van der Waals surface area contributed by atoms with Crippen molar-refractivity contribution in [3.05, 3.63) is 18.3 Å². The second kappa shape index (κ2) is 17.1. The van der Waals surface area contributed by atoms with Crippen LogP contribution in [0.3, 0.4) is 0 Å². The molecule has 0 aromatic carbocycles. The predicted molar refractivity (Wildman–Crippen MR) is 220 cm³/mol. The van der Waals surface area contributed by atoms with Crippen LogP contribution in [0.5, 0.6) is 0 Å². The minimum Gasteiger partial charge on any atom is -0.481 e. The first kappa shape index (κ1) is 48.7. The molecule has 64 heavy (non-hydrogen) atoms. The molecule has 4 saturated carbocycles. The van der Waals surface area contributed by atoms with Crippen molar-refractivity contribution in [2.75, 3.05) is 13.2 Å². The van der Waals surface area contributed by atoms with Gasteiger partial charge >= 0.3 is 5.97 Å². The topological polar surface area (TPSA) is 292 Å². The van der Waals surface area contributed by atoms with E-state index in [1.165, 1.54) is 0 Å². The Kier molecular flexibility index (Phi) is 13.0. The summed E-state index contributed by atoms with van der Waals surface area (Å²) in [5.74, 6) is -1.41. The summed E-state index contributed by atoms with van der Waals surface area (Å²) in [5.41, 5.74) is -2.60. The SMILES string of the molecule is CC1(C)CC[C@]2(C(=O)O)C(O)C[C@]3(C)C(=CCC4C5(C)CC[C@H](O[C@@H]6O[CH][C@H](O)[C@H](O[C@@H]7OC[C@H](O)[C@H](O)C7O)C6O[C@@H]6OC(CO)[C@H](O)[C@H](O)C6O)[C@](C)(C=O)[C@@H]5CC[C@@]43C)C2C1. The van der Waals surface area contributed by atoms with E-state index in [-0.39, 0.29) is 28.6 Å². The Labute approximate surface area is 373 Å². The quantitative estimate of drug-likeness (QED) is 0.0845. The van der Waals surface area contributed by atoms with Crippen molar-refractivity contribution in [3.63, 3.8) is 0 Å². The molecule has 18 heteroatoms. The Hall–Kier alpha value is -1.72. The number of allylic oxidation sites excluding steroid dienone is 2. The maximum atomic E-state index is 13.7. The molecule has 3 saturated heterocycles. The molecule has 0 aromatic rings. The van der Waals surface area contributed by atoms with Crippen molar-refractivity contribution in [2.45, 2.75) is 191 Å². The molecule has 7 fully saturated rings. The zero-order valence-electron chi connectivity index (χ0n) is 37.6. The fraction of sp³-hybridized carbons (Fsp3) is 0.891. The van der Waals surface area contributed by atoms with Gasteiger partial charge in [-0.2, -0.15) is 0 Å². The first-order chi connectivity index (χ1) is 29.9. The van der Waals surface area contributed by atoms with Crippen LogP contribution < -0.4 is 0 Å². The van der Waals surface area contributed by atoms with E-state index in [0.717, 1.165) is 24.9 Å². The highest BCUT2D eigenvalue weighted by Crippen LogP contribution is 2.76. The van der Waals surface area contributed by atoms with E-state index in [1.54, 1.807) is 0 Å². The molecule has 8 rings (SSSR count). The van der Waals surface area contributed by atoms with E-state index in [2.05, 4.69) is 40.7 Å². The van der Waals surface area contributed by atoms with Gasteiger partial charge in [0.2, 0.25) is 0 Å². The highest BCUT2D eigenvalue weighted by atomic mass is 16.8. The number of hydrogen-bond donors (Lipinski definition) is 10. The second-order valence-corrected chi connectivity index (χ2v) is 22.2. The molecule has 10 N–H and O–H groups in total. The monoisotopic (exact) mass is 911 g/mol. The van der Waals surface area contributed by atoms with Gasteiger partial charge in [0.1, 0.15) is 79.3 Å². The Morgan fingerprint density at radius 2 is 1.47 bits per heavy atom. The molecule has 3 aliphatic heterocycles. The van der Waals surface area contributed by atoms with Crippen LogP contribution in [0.25, 0.3) is 0 Å². The number of fused-ring (bicyclic) bond motifs is 7. The number of aldehydes is 1. The van der Waals surface area contributed by atoms with E-state index in [9.17, 15) is 60.7 Å². The number of carbonyl (C=O) groups excluding carboxylic acids is 1. The predicted octanol–water partition coefficient (Wildman–Crippen LogP) is 0.296. The Bertz CT molecular complexity index is 1780. The van der Waals surface area contributed by atoms with Crippen LogP contribution in [0, 0.1) is 56.9 Å². The zero-order valence-corrected chi connectivity index (χ0v) is 37.6. The second-order valence-electron chi connectivity index (χ2n) is 22.2. The molecule has 5 aliphatic carbocycles. The lowest BCUT2D eigenvalue weighted by Crippen LogP contribution is -2.68. The number of rotatable bonds is 9. The number of aliphatic hydroxyl groups is 9. The average Bonchev–Trinajstić information content (AvgIpc) is 3.23. The van der Waals surface area contributed by atoms with Gasteiger partial charge < -0.3 is 84.3 Å². The largest absolute Gasteiger partial charge is 0.481 e. The summed E-state index contributed by atoms with van der Waals surface area (Å²) < 4.78 is 36.1. The van der Waals surface area contributed by atoms with E-state index in [1.807, 2.05) is 6.92 Å². The molecule has 1 radical (unpaired) electrons. The number of carboxylic acids is 1. The van der Waals surface area contributed by atoms with Gasteiger partial charge in [-0.15, -0.1) is 0 Å². The fourth-order valence-corrected chi connectivity index (χ4v) is 14.4. The van der Waals surface area contributed by atoms with Gasteiger partial charge in [-0.25, -0.2) is 0 Å². The average molecular weight is 912 g/mol. The third kappa shape index (κ3) is 7.31. The van der Waals surface area contributed by atoms with Gasteiger partial charge in [-0.3, -0.25) is 4.79 Å². The highest BCUT2D eigenvalue weighted by molar-refractivity contribution is 5.77. The van der Waals surface area contributed by atoms with Crippen molar-refractivity contribution >= 4 is 12.3 Å². The van der Waals surface area contributed by atoms with Crippen LogP contribution in [0.4, 0.5) is 0 Å². The molecule has 8 aliphatic rings. The van der Waals surface area contributed by atoms with Crippen molar-refractivity contribution < 1.29 is 89.1 Å². The molecule has 0 aromatic heterocycles. The summed E-state index contributed by atoms with van der Waals surface area (Å²) in [6, 6.07) is 0. The first-order valence-corrected chi connectivity index (χ1v) is 23.1. The van der Waals surface area contributed by atoms with Crippen LogP contribution in [-0.2, 0) is 38.0 Å². The summed E-state index contributed by atoms with van der Waals surface area (Å²) in [4.78, 5) is 26.9. The Balaban J connectivity index is 1.09. The maximum Gasteiger partial charge on any atom is 0.312 e. The number of ether oxygens (including phenoxy) is 6. The molecule has 8 unspecified atom stereocenters. The van der Waals surface area contributed by atoms with Gasteiger partial charge in [0.25, 0.3) is 0 Å². The van der Waals surface area contributed by atoms with Crippen molar-refractivity contribution in [1.82, 2.24) is 0 Å². The zero-order chi connectivity index (χ0) is 46.7. The van der Waals surface area contributed by atoms with Crippen LogP contribution in [0.1, 0.15) is 99.3 Å². The van der Waals surface area contributed by atoms with E-state index in [0.29, 0.717) is 51.4 Å². The molecule has 363 valence electrons. The Morgan fingerprint density at radius 1 is 0.781 bits per heavy atom. The summed E-state index contributed by atoms with van der Waals surface area (Å²) in [6.45, 7) is 12.8. The minimum atomic E-state index is -1.88. The Morgan fingerprint density at radius 3 is 2.14 bits per heavy atom. The van der Waals surface area contributed by atoms with Crippen LogP contribution >= 0.6 is 0 Å². The first-order valence-electron chi connectivity index (χ1n) is 23.1. The number of aliphatic hydroxyl groups excluding tert-OH is 9. The molecule has 18 nitrogen and oxygen atoms in total. The molecule has 0 spiro atoms. The number of carbonyl (C=O) groups is 2. The normalized spacial score (nSPS) is 54.9. The van der Waals surface area contributed by atoms with Gasteiger partial charge in [0.05, 0.1) is 30.8 Å². The van der Waals surface area contributed by atoms with Gasteiger partial charge in [0.15, 0.2) is 18.9 Å². The van der Waals surface area contributed by atoms with Crippen LogP contribution in [0.2, 0.25) is 0 Å². The molecular formula is C46H71O18. The van der Waals surface area contributed by atoms with Gasteiger partial charge in [-0.1, -0.05) is 53.2 Å². The lowest BCUT2D eigenvalue weighted by Gasteiger charge is -2.71. The van der Waals surface area contributed by atoms with Gasteiger partial charge in [0, 0.05) is 0 Å². The smallest absolute Gasteiger partial charge is 0.312 e. The highest BCUT2D eigenvalue weighted by Gasteiger charge is 2.72. The van der Waals surface area contributed by atoms with Crippen LogP contribution in [0.15, 0.2) is 11.6 Å². The van der Waals surface area contributed by atoms with E-state index < -0.39 is 133 Å². The van der Waals surface area contributed by atoms with E-state index >= 15 is 0 Å². The third-order valence-electron chi connectivity index (χ3n) is 18.5. The molecule has 0 amide bonds. The van der Waals surface area contributed by atoms with Crippen molar-refractivity contribution in [3.8, 4) is 0 Å². The van der Waals surface area contributed by atoms with Crippen molar-refractivity contribution in [2.24, 2.45) is 50.2 Å². The minimum absolute atomic E-state index is 0.0547. The van der Waals surface area contributed by atoms with Crippen LogP contribution in [-0.4, -0.2) is 169 Å². The van der Waals surface area contributed by atoms with Gasteiger partial charge in [-0.05, 0) is 97.2 Å². The summed E-state index contributed by atoms with van der Waals surface area (Å²) >= 11 is 0. The standard InChI is InChI=1S/C46H71O18/c1-41(2)13-14-46(40(57)58)22(15-41)21-7-8-27-42(3)11-10-29(43(4,20-48)26(42)9-12-44(27,5)45(21,6)16-28(46)51)62-39-36(64-38-34(56)32(54)31(53)25(17-47)61-38)35(24(50)19-60-39)63-37-33(55)30(52)23(49)18-59-37/h7,19-20,22-39,47,49-56H,8-18H2,1-6H3,(H,57,58)/t22?,23-,24-,25?,26+,27?,28?,29-,30-,31-,32-,33?,34?,35-,36?,37-,38-,39-,42?,43+,44-,45+,46+/m0/s1. The third-order valence-corrected chi connectivity index (χ3v) is 18.5. The molecular weight excluding hydrogens is 840 g/mol. The van der Waals surface area contributed by atoms with Crippen molar-refractivity contribution in [1.29, 1.82) is 0 Å². The molecule has 0 bridgehead atoms. The molecule has 3 heterocycles. The maximum absolute atomic E-state index is 13.7. The molecule has 23 atom stereocenters. The summed E-state index contributed by atoms with van der Waals surface area (Å²) in [7, 11) is 0. The lowest BCUT2D eigenvalue weighted by molar-refractivity contribution is -0.377. The number of aliphatic carboxylic acids is 1.